The van der Waals surface area contributed by atoms with Crippen molar-refractivity contribution >= 4 is 46.3 Å². The molecule has 0 saturated carbocycles. The van der Waals surface area contributed by atoms with Crippen molar-refractivity contribution in [3.8, 4) is 10.6 Å². The third kappa shape index (κ3) is 1.93. The Hall–Kier alpha value is -1.38. The third-order valence-electron chi connectivity index (χ3n) is 5.25. The number of aliphatic carboxylic acids is 1. The van der Waals surface area contributed by atoms with Crippen LogP contribution in [0.3, 0.4) is 0 Å². The molecule has 4 heterocycles. The molecule has 2 aromatic heterocycles. The van der Waals surface area contributed by atoms with Gasteiger partial charge in [-0.2, -0.15) is 0 Å². The number of fused-ring (bicyclic) bond motifs is 1. The summed E-state index contributed by atoms with van der Waals surface area (Å²) < 4.78 is 4.89. The molecule has 2 saturated heterocycles. The van der Waals surface area contributed by atoms with Crippen LogP contribution < -0.4 is 0 Å². The molecule has 0 amide bonds. The fraction of sp³-hybridized carbons (Fsp3) is 0.471. The van der Waals surface area contributed by atoms with Gasteiger partial charge in [-0.3, -0.25) is 0 Å². The molecule has 4 rings (SSSR count). The molecular formula is C17H18N2O3S3. The number of carbonyl (C=O) groups is 1. The number of carboxylic acids is 1. The van der Waals surface area contributed by atoms with Gasteiger partial charge in [0.15, 0.2) is 5.54 Å². The second-order valence-corrected chi connectivity index (χ2v) is 10.1. The Kier molecular flexibility index (Phi) is 3.62. The first-order valence-electron chi connectivity index (χ1n) is 7.98. The van der Waals surface area contributed by atoms with E-state index in [2.05, 4.69) is 12.1 Å². The summed E-state index contributed by atoms with van der Waals surface area (Å²) in [7, 11) is 0. The number of hydrogen-bond acceptors (Lipinski definition) is 6. The molecule has 0 unspecified atom stereocenters. The number of thioether (sulfide) groups is 1. The lowest BCUT2D eigenvalue weighted by Gasteiger charge is -2.51. The van der Waals surface area contributed by atoms with Crippen LogP contribution in [0.5, 0.6) is 0 Å². The number of nitrogens with zero attached hydrogens (tertiary/aromatic N) is 2. The second kappa shape index (κ2) is 5.31. The predicted octanol–water partition coefficient (Wildman–Crippen LogP) is 4.12. The average molecular weight is 395 g/mol. The molecule has 0 spiro atoms. The summed E-state index contributed by atoms with van der Waals surface area (Å²) in [6, 6.07) is 3.86. The van der Waals surface area contributed by atoms with E-state index in [-0.39, 0.29) is 11.3 Å². The standard InChI is InChI=1S/C17H18N2O3S3/c1-8-13(23)19-14(8)25-16(3,4)17(19,15(20)21)11-9(2)22-18-12(11)10-6-5-7-24-10/h5-8,14H,1-4H3,(H,20,21)/t8-,14-,17+/m1/s1. The van der Waals surface area contributed by atoms with Crippen molar-refractivity contribution in [1.82, 2.24) is 10.1 Å². The fourth-order valence-corrected chi connectivity index (χ4v) is 7.08. The Bertz CT molecular complexity index is 874. The summed E-state index contributed by atoms with van der Waals surface area (Å²) in [5.74, 6) is -0.195. The average Bonchev–Trinajstić information content (AvgIpc) is 3.23. The van der Waals surface area contributed by atoms with Gasteiger partial charge in [0.1, 0.15) is 11.5 Å². The van der Waals surface area contributed by atoms with Crippen molar-refractivity contribution in [3.63, 3.8) is 0 Å². The monoisotopic (exact) mass is 394 g/mol. The lowest BCUT2D eigenvalue weighted by atomic mass is 9.74. The number of thiophene rings is 1. The zero-order chi connectivity index (χ0) is 18.1. The quantitative estimate of drug-likeness (QED) is 0.785. The maximum Gasteiger partial charge on any atom is 0.336 e. The van der Waals surface area contributed by atoms with E-state index in [0.29, 0.717) is 22.0 Å². The number of hydrogen-bond donors (Lipinski definition) is 1. The van der Waals surface area contributed by atoms with Crippen LogP contribution in [0.4, 0.5) is 0 Å². The normalized spacial score (nSPS) is 30.2. The van der Waals surface area contributed by atoms with E-state index in [4.69, 9.17) is 16.7 Å². The Balaban J connectivity index is 2.03. The topological polar surface area (TPSA) is 66.6 Å². The maximum absolute atomic E-state index is 12.8. The molecule has 0 aromatic carbocycles. The molecule has 0 aliphatic carbocycles. The van der Waals surface area contributed by atoms with Crippen molar-refractivity contribution in [2.75, 3.05) is 0 Å². The summed E-state index contributed by atoms with van der Waals surface area (Å²) in [6.07, 6.45) is 0. The molecule has 2 fully saturated rings. The smallest absolute Gasteiger partial charge is 0.336 e. The highest BCUT2D eigenvalue weighted by Gasteiger charge is 2.72. The Morgan fingerprint density at radius 3 is 2.80 bits per heavy atom. The number of aryl methyl sites for hydroxylation is 1. The molecule has 5 nitrogen and oxygen atoms in total. The van der Waals surface area contributed by atoms with Crippen LogP contribution in [0.15, 0.2) is 22.0 Å². The minimum Gasteiger partial charge on any atom is -0.479 e. The van der Waals surface area contributed by atoms with Crippen molar-refractivity contribution in [2.24, 2.45) is 5.92 Å². The minimum absolute atomic E-state index is 0.0593. The summed E-state index contributed by atoms with van der Waals surface area (Å²) >= 11 is 8.77. The Morgan fingerprint density at radius 2 is 2.20 bits per heavy atom. The van der Waals surface area contributed by atoms with E-state index in [1.54, 1.807) is 18.7 Å². The van der Waals surface area contributed by atoms with E-state index in [1.807, 2.05) is 36.3 Å². The molecule has 25 heavy (non-hydrogen) atoms. The van der Waals surface area contributed by atoms with Gasteiger partial charge in [0, 0.05) is 5.92 Å². The SMILES string of the molecule is Cc1onc(-c2cccs2)c1[C@@]1(C(=O)O)N2C(=S)[C@@H](C)[C@H]2SC1(C)C. The van der Waals surface area contributed by atoms with E-state index in [0.717, 1.165) is 4.88 Å². The molecule has 2 aromatic rings. The third-order valence-corrected chi connectivity index (χ3v) is 8.44. The van der Waals surface area contributed by atoms with Gasteiger partial charge in [0.05, 0.1) is 25.5 Å². The minimum atomic E-state index is -1.30. The molecule has 8 heteroatoms. The lowest BCUT2D eigenvalue weighted by molar-refractivity contribution is -0.152. The number of rotatable bonds is 3. The molecule has 0 bridgehead atoms. The largest absolute Gasteiger partial charge is 0.479 e. The van der Waals surface area contributed by atoms with E-state index in [1.165, 1.54) is 11.3 Å². The summed E-state index contributed by atoms with van der Waals surface area (Å²) in [5.41, 5.74) is -0.0710. The molecule has 2 aliphatic heterocycles. The predicted molar refractivity (Wildman–Crippen MR) is 103 cm³/mol. The van der Waals surface area contributed by atoms with Crippen LogP contribution in [0.2, 0.25) is 0 Å². The van der Waals surface area contributed by atoms with Crippen LogP contribution in [-0.4, -0.2) is 36.2 Å². The molecule has 1 N–H and O–H groups in total. The van der Waals surface area contributed by atoms with E-state index < -0.39 is 16.3 Å². The van der Waals surface area contributed by atoms with Crippen LogP contribution in [-0.2, 0) is 10.3 Å². The molecule has 132 valence electrons. The maximum atomic E-state index is 12.8. The van der Waals surface area contributed by atoms with Crippen LogP contribution in [0, 0.1) is 12.8 Å². The second-order valence-electron chi connectivity index (χ2n) is 6.97. The van der Waals surface area contributed by atoms with E-state index in [9.17, 15) is 9.90 Å². The van der Waals surface area contributed by atoms with Crippen molar-refractivity contribution in [2.45, 2.75) is 43.4 Å². The van der Waals surface area contributed by atoms with Crippen molar-refractivity contribution in [1.29, 1.82) is 0 Å². The van der Waals surface area contributed by atoms with Crippen molar-refractivity contribution in [3.05, 3.63) is 28.8 Å². The van der Waals surface area contributed by atoms with Gasteiger partial charge in [0.2, 0.25) is 0 Å². The number of carboxylic acid groups (broad SMARTS) is 1. The van der Waals surface area contributed by atoms with E-state index >= 15 is 0 Å². The molecule has 2 aliphatic rings. The zero-order valence-electron chi connectivity index (χ0n) is 14.3. The van der Waals surface area contributed by atoms with Gasteiger partial charge >= 0.3 is 5.97 Å². The number of thiocarbonyl (C=S) groups is 1. The van der Waals surface area contributed by atoms with Gasteiger partial charge in [0.25, 0.3) is 0 Å². The Morgan fingerprint density at radius 1 is 1.48 bits per heavy atom. The van der Waals surface area contributed by atoms with Gasteiger partial charge in [-0.05, 0) is 32.2 Å². The van der Waals surface area contributed by atoms with Crippen molar-refractivity contribution < 1.29 is 14.4 Å². The highest BCUT2D eigenvalue weighted by atomic mass is 32.2. The van der Waals surface area contributed by atoms with Gasteiger partial charge in [-0.25, -0.2) is 4.79 Å². The van der Waals surface area contributed by atoms with Gasteiger partial charge in [-0.1, -0.05) is 30.4 Å². The summed E-state index contributed by atoms with van der Waals surface area (Å²) in [5, 5.41) is 16.7. The zero-order valence-corrected chi connectivity index (χ0v) is 16.7. The lowest BCUT2D eigenvalue weighted by Crippen LogP contribution is -2.67. The van der Waals surface area contributed by atoms with Gasteiger partial charge in [-0.15, -0.1) is 23.1 Å². The Labute approximate surface area is 159 Å². The van der Waals surface area contributed by atoms with Gasteiger partial charge < -0.3 is 14.5 Å². The summed E-state index contributed by atoms with van der Waals surface area (Å²) in [4.78, 5) is 16.3. The first-order chi connectivity index (χ1) is 11.7. The molecule has 3 atom stereocenters. The number of aromatic nitrogens is 1. The first-order valence-corrected chi connectivity index (χ1v) is 10.1. The summed E-state index contributed by atoms with van der Waals surface area (Å²) in [6.45, 7) is 7.80. The highest BCUT2D eigenvalue weighted by Crippen LogP contribution is 2.64. The molecular weight excluding hydrogens is 376 g/mol. The molecule has 0 radical (unpaired) electrons. The fourth-order valence-electron chi connectivity index (χ4n) is 4.07. The first kappa shape index (κ1) is 17.1. The van der Waals surface area contributed by atoms with Crippen LogP contribution in [0.1, 0.15) is 32.1 Å². The highest BCUT2D eigenvalue weighted by molar-refractivity contribution is 8.01. The van der Waals surface area contributed by atoms with Crippen LogP contribution >= 0.6 is 35.3 Å². The van der Waals surface area contributed by atoms with Crippen LogP contribution in [0.25, 0.3) is 10.6 Å².